The van der Waals surface area contributed by atoms with Crippen molar-refractivity contribution in [3.8, 4) is 23.3 Å². The van der Waals surface area contributed by atoms with Crippen LogP contribution in [0.4, 0.5) is 13.2 Å². The minimum Gasteiger partial charge on any atom is -0.542 e. The van der Waals surface area contributed by atoms with E-state index in [4.69, 9.17) is 29.4 Å². The first-order valence-electron chi connectivity index (χ1n) is 7.39. The lowest BCUT2D eigenvalue weighted by atomic mass is 10.2. The van der Waals surface area contributed by atoms with Crippen LogP contribution in [0.2, 0.25) is 0 Å². The highest BCUT2D eigenvalue weighted by Crippen LogP contribution is 2.27. The molecule has 0 saturated carbocycles. The van der Waals surface area contributed by atoms with Gasteiger partial charge in [-0.05, 0) is 12.1 Å². The first-order valence-corrected chi connectivity index (χ1v) is 9.55. The second-order valence-electron chi connectivity index (χ2n) is 4.85. The normalized spacial score (nSPS) is 10.2. The van der Waals surface area contributed by atoms with E-state index in [2.05, 4.69) is 6.07 Å². The highest BCUT2D eigenvalue weighted by molar-refractivity contribution is 5.70. The predicted molar refractivity (Wildman–Crippen MR) is 85.7 cm³/mol. The lowest BCUT2D eigenvalue weighted by Crippen LogP contribution is -3.61. The third-order valence-electron chi connectivity index (χ3n) is 3.04. The summed E-state index contributed by atoms with van der Waals surface area (Å²) >= 11 is -0.525. The van der Waals surface area contributed by atoms with E-state index in [0.717, 1.165) is 18.6 Å². The summed E-state index contributed by atoms with van der Waals surface area (Å²) in [7, 11) is 4.87. The number of nitriles is 1. The first-order chi connectivity index (χ1) is 13.2. The van der Waals surface area contributed by atoms with Crippen molar-refractivity contribution in [3.05, 3.63) is 49.1 Å². The Morgan fingerprint density at radius 1 is 1.07 bits per heavy atom. The van der Waals surface area contributed by atoms with E-state index < -0.39 is 33.4 Å². The van der Waals surface area contributed by atoms with E-state index in [1.54, 1.807) is 27.4 Å². The minimum absolute atomic E-state index is 0.525. The number of carbonyl (C=O) groups is 1. The number of alkyl halides is 3. The maximum Gasteiger partial charge on any atom is 0.430 e. The van der Waals surface area contributed by atoms with Gasteiger partial charge in [-0.15, -0.1) is 0 Å². The second kappa shape index (κ2) is 10.6. The van der Waals surface area contributed by atoms with Gasteiger partial charge in [0.25, 0.3) is 3.57 Å². The number of benzene rings is 2. The average molecular weight is 509 g/mol. The fraction of sp³-hybridized carbons (Fsp3) is 0.222. The number of nitrogens with zero attached hydrogens (tertiary/aromatic N) is 1. The van der Waals surface area contributed by atoms with Gasteiger partial charge < -0.3 is 24.1 Å². The van der Waals surface area contributed by atoms with Crippen molar-refractivity contribution in [2.75, 3.05) is 21.3 Å². The molecule has 0 bridgehead atoms. The Morgan fingerprint density at radius 3 is 2.00 bits per heavy atom. The third-order valence-corrected chi connectivity index (χ3v) is 5.94. The number of aliphatic carboxylic acids is 1. The molecule has 0 aliphatic rings. The molecule has 0 saturated heterocycles. The first kappa shape index (κ1) is 23.4. The number of halogens is 4. The maximum absolute atomic E-state index is 10.5. The summed E-state index contributed by atoms with van der Waals surface area (Å²) in [6.45, 7) is 0. The second-order valence-corrected chi connectivity index (χ2v) is 7.71. The monoisotopic (exact) mass is 509 g/mol. The molecule has 2 rings (SSSR count). The Hall–Kier alpha value is -2.68. The molecule has 0 aliphatic heterocycles. The fourth-order valence-corrected chi connectivity index (χ4v) is 4.57. The van der Waals surface area contributed by atoms with Crippen molar-refractivity contribution in [2.45, 2.75) is 6.18 Å². The van der Waals surface area contributed by atoms with E-state index in [9.17, 15) is 13.2 Å². The highest BCUT2D eigenvalue weighted by atomic mass is 127. The molecule has 0 N–H and O–H groups in total. The van der Waals surface area contributed by atoms with Crippen LogP contribution >= 0.6 is 0 Å². The van der Waals surface area contributed by atoms with Crippen LogP contribution in [0.3, 0.4) is 0 Å². The lowest BCUT2D eigenvalue weighted by Gasteiger charge is -2.08. The largest absolute Gasteiger partial charge is 0.542 e. The van der Waals surface area contributed by atoms with Crippen molar-refractivity contribution >= 4 is 5.97 Å². The van der Waals surface area contributed by atoms with Gasteiger partial charge in [0.1, 0.15) is 11.7 Å². The molecule has 2 aromatic rings. The summed E-state index contributed by atoms with van der Waals surface area (Å²) in [4.78, 5) is 8.78. The Bertz CT molecular complexity index is 840. The maximum atomic E-state index is 10.5. The van der Waals surface area contributed by atoms with Crippen molar-refractivity contribution < 1.29 is 58.5 Å². The van der Waals surface area contributed by atoms with Crippen molar-refractivity contribution in [1.82, 2.24) is 0 Å². The Morgan fingerprint density at radius 2 is 1.61 bits per heavy atom. The molecule has 0 unspecified atom stereocenters. The van der Waals surface area contributed by atoms with E-state index >= 15 is 0 Å². The van der Waals surface area contributed by atoms with Gasteiger partial charge in [0.15, 0.2) is 15.1 Å². The standard InChI is InChI=1S/C16H15INO3.C2HF3O2/c1-19-13-8-14(20-2)16(15(9-13)21-3)17-12-6-4-5-11(7-12)10-18;3-2(4,5)1(6)7/h4-9H,1-3H3;(H,6,7)/q+1;/p-1. The van der Waals surface area contributed by atoms with E-state index in [1.165, 1.54) is 0 Å². The molecule has 0 radical (unpaired) electrons. The van der Waals surface area contributed by atoms with Gasteiger partial charge in [-0.3, -0.25) is 0 Å². The molecular formula is C18H15F3INO5. The van der Waals surface area contributed by atoms with Crippen molar-refractivity contribution in [2.24, 2.45) is 0 Å². The van der Waals surface area contributed by atoms with Crippen LogP contribution in [0.5, 0.6) is 17.2 Å². The number of ether oxygens (including phenoxy) is 3. The fourth-order valence-electron chi connectivity index (χ4n) is 1.78. The molecule has 0 aromatic heterocycles. The number of rotatable bonds is 5. The van der Waals surface area contributed by atoms with Gasteiger partial charge in [-0.25, -0.2) is 0 Å². The molecular weight excluding hydrogens is 494 g/mol. The summed E-state index contributed by atoms with van der Waals surface area (Å²) in [6, 6.07) is 13.5. The van der Waals surface area contributed by atoms with E-state index in [1.807, 2.05) is 30.3 Å². The molecule has 0 atom stereocenters. The van der Waals surface area contributed by atoms with Crippen LogP contribution in [-0.4, -0.2) is 33.5 Å². The lowest BCUT2D eigenvalue weighted by molar-refractivity contribution is -0.598. The number of hydrogen-bond acceptors (Lipinski definition) is 6. The zero-order valence-electron chi connectivity index (χ0n) is 15.0. The molecule has 0 fully saturated rings. The number of methoxy groups -OCH3 is 3. The Kier molecular flexibility index (Phi) is 8.84. The van der Waals surface area contributed by atoms with Gasteiger partial charge >= 0.3 is 27.4 Å². The van der Waals surface area contributed by atoms with Crippen molar-refractivity contribution in [3.63, 3.8) is 0 Å². The van der Waals surface area contributed by atoms with E-state index in [-0.39, 0.29) is 0 Å². The van der Waals surface area contributed by atoms with Gasteiger partial charge in [0, 0.05) is 18.2 Å². The number of hydrogen-bond donors (Lipinski definition) is 0. The van der Waals surface area contributed by atoms with Crippen LogP contribution in [-0.2, 0) is 4.79 Å². The number of carbonyl (C=O) groups excluding carboxylic acids is 1. The predicted octanol–water partition coefficient (Wildman–Crippen LogP) is -0.989. The smallest absolute Gasteiger partial charge is 0.430 e. The van der Waals surface area contributed by atoms with Crippen LogP contribution in [0, 0.1) is 18.5 Å². The molecule has 28 heavy (non-hydrogen) atoms. The average Bonchev–Trinajstić information content (AvgIpc) is 2.67. The third kappa shape index (κ3) is 6.80. The van der Waals surface area contributed by atoms with Crippen LogP contribution < -0.4 is 40.5 Å². The minimum atomic E-state index is -5.19. The summed E-state index contributed by atoms with van der Waals surface area (Å²) in [5.74, 6) is -0.808. The molecule has 0 spiro atoms. The van der Waals surface area contributed by atoms with E-state index in [0.29, 0.717) is 11.3 Å². The molecule has 0 heterocycles. The summed E-state index contributed by atoms with van der Waals surface area (Å²) in [5.41, 5.74) is 0.665. The SMILES string of the molecule is COc1cc(OC)c([I+]c2cccc(C#N)c2)c(OC)c1.O=C([O-])C(F)(F)F. The van der Waals surface area contributed by atoms with Crippen LogP contribution in [0.25, 0.3) is 0 Å². The van der Waals surface area contributed by atoms with Crippen molar-refractivity contribution in [1.29, 1.82) is 5.26 Å². The Labute approximate surface area is 169 Å². The Balaban J connectivity index is 0.000000480. The van der Waals surface area contributed by atoms with Gasteiger partial charge in [-0.1, -0.05) is 6.07 Å². The molecule has 0 aliphatic carbocycles. The highest BCUT2D eigenvalue weighted by Gasteiger charge is 2.29. The molecule has 10 heteroatoms. The van der Waals surface area contributed by atoms with Gasteiger partial charge in [0.05, 0.1) is 33.0 Å². The summed E-state index contributed by atoms with van der Waals surface area (Å²) in [6.07, 6.45) is -5.19. The molecule has 150 valence electrons. The molecule has 6 nitrogen and oxygen atoms in total. The quantitative estimate of drug-likeness (QED) is 0.482. The summed E-state index contributed by atoms with van der Waals surface area (Å²) < 4.78 is 49.9. The zero-order chi connectivity index (χ0) is 21.3. The topological polar surface area (TPSA) is 91.6 Å². The zero-order valence-corrected chi connectivity index (χ0v) is 17.1. The number of carboxylic acid groups (broad SMARTS) is 1. The van der Waals surface area contributed by atoms with Crippen LogP contribution in [0.1, 0.15) is 5.56 Å². The van der Waals surface area contributed by atoms with Gasteiger partial charge in [0.2, 0.25) is 0 Å². The van der Waals surface area contributed by atoms with Crippen LogP contribution in [0.15, 0.2) is 36.4 Å². The molecule has 0 amide bonds. The van der Waals surface area contributed by atoms with Gasteiger partial charge in [-0.2, -0.15) is 18.4 Å². The summed E-state index contributed by atoms with van der Waals surface area (Å²) in [5, 5.41) is 17.8. The number of carboxylic acids is 1. The molecule has 2 aromatic carbocycles.